The molecule has 2 heteroatoms. The molecule has 0 aliphatic carbocycles. The average molecular weight is 230 g/mol. The Morgan fingerprint density at radius 3 is 2.06 bits per heavy atom. The summed E-state index contributed by atoms with van der Waals surface area (Å²) in [5.74, 6) is 0.344. The van der Waals surface area contributed by atoms with Crippen LogP contribution in [0.25, 0.3) is 0 Å². The number of hydrogen-bond acceptors (Lipinski definition) is 2. The van der Waals surface area contributed by atoms with Gasteiger partial charge in [-0.25, -0.2) is 0 Å². The van der Waals surface area contributed by atoms with Crippen LogP contribution in [0.3, 0.4) is 0 Å². The van der Waals surface area contributed by atoms with Crippen LogP contribution in [-0.4, -0.2) is 18.0 Å². The van der Waals surface area contributed by atoms with Gasteiger partial charge in [-0.2, -0.15) is 0 Å². The van der Waals surface area contributed by atoms with Crippen LogP contribution in [0, 0.1) is 5.92 Å². The molecule has 0 rings (SSSR count). The lowest BCUT2D eigenvalue weighted by molar-refractivity contribution is -0.134. The third-order valence-corrected chi connectivity index (χ3v) is 3.10. The van der Waals surface area contributed by atoms with Gasteiger partial charge < -0.3 is 9.84 Å². The molecule has 1 N–H and O–H groups in total. The molecule has 0 aromatic carbocycles. The van der Waals surface area contributed by atoms with E-state index in [0.29, 0.717) is 12.5 Å². The van der Waals surface area contributed by atoms with Crippen molar-refractivity contribution in [2.24, 2.45) is 5.92 Å². The molecule has 0 saturated heterocycles. The fourth-order valence-electron chi connectivity index (χ4n) is 2.04. The normalized spacial score (nSPS) is 15.0. The highest BCUT2D eigenvalue weighted by molar-refractivity contribution is 4.63. The summed E-state index contributed by atoms with van der Waals surface area (Å²) in [5.41, 5.74) is 0. The molecule has 0 fully saturated rings. The number of unbranched alkanes of at least 4 members (excludes halogenated alkanes) is 4. The average Bonchev–Trinajstić information content (AvgIpc) is 2.28. The van der Waals surface area contributed by atoms with E-state index >= 15 is 0 Å². The Bertz CT molecular complexity index is 137. The van der Waals surface area contributed by atoms with Crippen LogP contribution in [0.1, 0.15) is 72.1 Å². The molecule has 0 heterocycles. The van der Waals surface area contributed by atoms with Crippen molar-refractivity contribution in [3.63, 3.8) is 0 Å². The van der Waals surface area contributed by atoms with Crippen molar-refractivity contribution in [2.75, 3.05) is 6.61 Å². The Balaban J connectivity index is 3.79. The zero-order valence-corrected chi connectivity index (χ0v) is 11.4. The molecule has 0 aliphatic heterocycles. The van der Waals surface area contributed by atoms with Crippen molar-refractivity contribution in [2.45, 2.75) is 78.4 Å². The third-order valence-electron chi connectivity index (χ3n) is 3.10. The van der Waals surface area contributed by atoms with Gasteiger partial charge in [0, 0.05) is 12.5 Å². The van der Waals surface area contributed by atoms with Crippen LogP contribution in [0.2, 0.25) is 0 Å². The predicted octanol–water partition coefficient (Wildman–Crippen LogP) is 4.12. The van der Waals surface area contributed by atoms with Gasteiger partial charge in [0.05, 0.1) is 0 Å². The first-order valence-corrected chi connectivity index (χ1v) is 7.05. The van der Waals surface area contributed by atoms with E-state index in [2.05, 4.69) is 13.8 Å². The quantitative estimate of drug-likeness (QED) is 0.427. The summed E-state index contributed by atoms with van der Waals surface area (Å²) in [4.78, 5) is 0. The van der Waals surface area contributed by atoms with Crippen molar-refractivity contribution in [3.8, 4) is 0 Å². The Kier molecular flexibility index (Phi) is 11.3. The van der Waals surface area contributed by atoms with Gasteiger partial charge in [-0.1, -0.05) is 52.4 Å². The maximum atomic E-state index is 9.87. The SMILES string of the molecule is CCCCCCC(CCCC)C(O)OCC. The smallest absolute Gasteiger partial charge is 0.157 e. The Labute approximate surface area is 101 Å². The Morgan fingerprint density at radius 1 is 0.875 bits per heavy atom. The van der Waals surface area contributed by atoms with Gasteiger partial charge in [0.15, 0.2) is 6.29 Å². The molecule has 16 heavy (non-hydrogen) atoms. The van der Waals surface area contributed by atoms with Gasteiger partial charge in [-0.05, 0) is 19.8 Å². The molecule has 2 atom stereocenters. The zero-order valence-electron chi connectivity index (χ0n) is 11.4. The Hall–Kier alpha value is -0.0800. The molecular weight excluding hydrogens is 200 g/mol. The van der Waals surface area contributed by atoms with E-state index in [0.717, 1.165) is 12.8 Å². The summed E-state index contributed by atoms with van der Waals surface area (Å²) >= 11 is 0. The summed E-state index contributed by atoms with van der Waals surface area (Å²) in [6, 6.07) is 0. The van der Waals surface area contributed by atoms with E-state index in [4.69, 9.17) is 4.74 Å². The molecule has 0 spiro atoms. The highest BCUT2D eigenvalue weighted by atomic mass is 16.6. The van der Waals surface area contributed by atoms with E-state index < -0.39 is 6.29 Å². The first kappa shape index (κ1) is 15.9. The topological polar surface area (TPSA) is 29.5 Å². The molecule has 0 bridgehead atoms. The summed E-state index contributed by atoms with van der Waals surface area (Å²) < 4.78 is 5.31. The second-order valence-electron chi connectivity index (χ2n) is 4.60. The number of aliphatic hydroxyl groups is 1. The highest BCUT2D eigenvalue weighted by Crippen LogP contribution is 2.21. The van der Waals surface area contributed by atoms with Crippen LogP contribution in [0.5, 0.6) is 0 Å². The number of aliphatic hydroxyl groups excluding tert-OH is 1. The molecule has 0 aromatic heterocycles. The number of hydrogen-bond donors (Lipinski definition) is 1. The van der Waals surface area contributed by atoms with E-state index in [1.807, 2.05) is 6.92 Å². The third kappa shape index (κ3) is 8.12. The van der Waals surface area contributed by atoms with E-state index in [1.165, 1.54) is 38.5 Å². The maximum absolute atomic E-state index is 9.87. The molecular formula is C14H30O2. The monoisotopic (exact) mass is 230 g/mol. The fraction of sp³-hybridized carbons (Fsp3) is 1.00. The molecule has 0 saturated carbocycles. The van der Waals surface area contributed by atoms with Gasteiger partial charge >= 0.3 is 0 Å². The van der Waals surface area contributed by atoms with Crippen molar-refractivity contribution in [1.82, 2.24) is 0 Å². The van der Waals surface area contributed by atoms with Crippen LogP contribution in [0.4, 0.5) is 0 Å². The minimum Gasteiger partial charge on any atom is -0.368 e. The molecule has 0 radical (unpaired) electrons. The number of rotatable bonds is 11. The molecule has 0 aromatic rings. The van der Waals surface area contributed by atoms with Gasteiger partial charge in [0.1, 0.15) is 0 Å². The van der Waals surface area contributed by atoms with Crippen LogP contribution in [0.15, 0.2) is 0 Å². The molecule has 0 amide bonds. The van der Waals surface area contributed by atoms with Gasteiger partial charge in [-0.3, -0.25) is 0 Å². The second kappa shape index (κ2) is 11.4. The van der Waals surface area contributed by atoms with E-state index in [9.17, 15) is 5.11 Å². The summed E-state index contributed by atoms with van der Waals surface area (Å²) in [6.07, 6.45) is 9.17. The van der Waals surface area contributed by atoms with Crippen molar-refractivity contribution < 1.29 is 9.84 Å². The first-order chi connectivity index (χ1) is 7.76. The van der Waals surface area contributed by atoms with Crippen molar-refractivity contribution in [3.05, 3.63) is 0 Å². The van der Waals surface area contributed by atoms with E-state index in [-0.39, 0.29) is 0 Å². The maximum Gasteiger partial charge on any atom is 0.157 e. The highest BCUT2D eigenvalue weighted by Gasteiger charge is 2.18. The lowest BCUT2D eigenvalue weighted by Gasteiger charge is -2.22. The van der Waals surface area contributed by atoms with Crippen LogP contribution in [-0.2, 0) is 4.74 Å². The Morgan fingerprint density at radius 2 is 1.50 bits per heavy atom. The fourth-order valence-corrected chi connectivity index (χ4v) is 2.04. The largest absolute Gasteiger partial charge is 0.368 e. The van der Waals surface area contributed by atoms with Crippen LogP contribution < -0.4 is 0 Å². The van der Waals surface area contributed by atoms with Crippen molar-refractivity contribution in [1.29, 1.82) is 0 Å². The summed E-state index contributed by atoms with van der Waals surface area (Å²) in [7, 11) is 0. The van der Waals surface area contributed by atoms with Crippen LogP contribution >= 0.6 is 0 Å². The molecule has 0 aliphatic rings. The first-order valence-electron chi connectivity index (χ1n) is 7.05. The van der Waals surface area contributed by atoms with E-state index in [1.54, 1.807) is 0 Å². The molecule has 98 valence electrons. The number of ether oxygens (including phenoxy) is 1. The lowest BCUT2D eigenvalue weighted by Crippen LogP contribution is -2.23. The molecule has 2 nitrogen and oxygen atoms in total. The predicted molar refractivity (Wildman–Crippen MR) is 69.4 cm³/mol. The molecule has 2 unspecified atom stereocenters. The second-order valence-corrected chi connectivity index (χ2v) is 4.60. The lowest BCUT2D eigenvalue weighted by atomic mass is 9.94. The van der Waals surface area contributed by atoms with Gasteiger partial charge in [-0.15, -0.1) is 0 Å². The minimum atomic E-state index is -0.543. The standard InChI is InChI=1S/C14H30O2/c1-4-7-9-10-12-13(11-8-5-2)14(15)16-6-3/h13-15H,4-12H2,1-3H3. The van der Waals surface area contributed by atoms with Gasteiger partial charge in [0.2, 0.25) is 0 Å². The zero-order chi connectivity index (χ0) is 12.2. The summed E-state index contributed by atoms with van der Waals surface area (Å²) in [5, 5.41) is 9.87. The minimum absolute atomic E-state index is 0.344. The summed E-state index contributed by atoms with van der Waals surface area (Å²) in [6.45, 7) is 6.97. The van der Waals surface area contributed by atoms with Gasteiger partial charge in [0.25, 0.3) is 0 Å². The van der Waals surface area contributed by atoms with Crippen molar-refractivity contribution >= 4 is 0 Å².